The summed E-state index contributed by atoms with van der Waals surface area (Å²) in [6.07, 6.45) is 0.338. The van der Waals surface area contributed by atoms with Gasteiger partial charge >= 0.3 is 0 Å². The van der Waals surface area contributed by atoms with Gasteiger partial charge in [0, 0.05) is 7.05 Å². The Balaban J connectivity index is 2.19. The molecule has 0 aliphatic heterocycles. The van der Waals surface area contributed by atoms with Gasteiger partial charge in [0.05, 0.1) is 13.5 Å². The van der Waals surface area contributed by atoms with E-state index < -0.39 is 0 Å². The SMILES string of the molecule is CON(C)C(=O)Cc1cccc(-c2ccccc2)c1. The maximum Gasteiger partial charge on any atom is 0.250 e. The summed E-state index contributed by atoms with van der Waals surface area (Å²) in [6.45, 7) is 0. The van der Waals surface area contributed by atoms with Gasteiger partial charge in [-0.15, -0.1) is 0 Å². The standard InChI is InChI=1S/C16H17NO2/c1-17(19-2)16(18)12-13-7-6-10-15(11-13)14-8-4-3-5-9-14/h3-11H,12H2,1-2H3. The number of carbonyl (C=O) groups excluding carboxylic acids is 1. The summed E-state index contributed by atoms with van der Waals surface area (Å²) in [6, 6.07) is 18.1. The number of hydroxylamine groups is 2. The van der Waals surface area contributed by atoms with E-state index in [1.807, 2.05) is 42.5 Å². The average Bonchev–Trinajstić information content (AvgIpc) is 2.47. The van der Waals surface area contributed by atoms with Crippen LogP contribution in [-0.4, -0.2) is 25.1 Å². The van der Waals surface area contributed by atoms with Gasteiger partial charge in [-0.25, -0.2) is 5.06 Å². The van der Waals surface area contributed by atoms with Crippen molar-refractivity contribution in [2.24, 2.45) is 0 Å². The van der Waals surface area contributed by atoms with Crippen molar-refractivity contribution >= 4 is 5.91 Å². The van der Waals surface area contributed by atoms with E-state index in [4.69, 9.17) is 4.84 Å². The van der Waals surface area contributed by atoms with Gasteiger partial charge in [-0.3, -0.25) is 9.63 Å². The number of benzene rings is 2. The Morgan fingerprint density at radius 1 is 1.05 bits per heavy atom. The predicted molar refractivity (Wildman–Crippen MR) is 75.4 cm³/mol. The minimum atomic E-state index is -0.0623. The lowest BCUT2D eigenvalue weighted by Crippen LogP contribution is -2.26. The predicted octanol–water partition coefficient (Wildman–Crippen LogP) is 2.92. The molecule has 0 spiro atoms. The summed E-state index contributed by atoms with van der Waals surface area (Å²) < 4.78 is 0. The first kappa shape index (κ1) is 13.3. The van der Waals surface area contributed by atoms with Crippen molar-refractivity contribution in [1.29, 1.82) is 0 Å². The molecule has 98 valence electrons. The fourth-order valence-corrected chi connectivity index (χ4v) is 1.88. The van der Waals surface area contributed by atoms with Crippen LogP contribution in [0.3, 0.4) is 0 Å². The number of amides is 1. The molecule has 0 fully saturated rings. The Hall–Kier alpha value is -2.13. The molecule has 0 unspecified atom stereocenters. The molecule has 0 aromatic heterocycles. The van der Waals surface area contributed by atoms with Gasteiger partial charge in [0.2, 0.25) is 5.91 Å². The highest BCUT2D eigenvalue weighted by atomic mass is 16.7. The minimum absolute atomic E-state index is 0.0623. The van der Waals surface area contributed by atoms with E-state index in [9.17, 15) is 4.79 Å². The van der Waals surface area contributed by atoms with E-state index in [-0.39, 0.29) is 5.91 Å². The van der Waals surface area contributed by atoms with E-state index in [1.54, 1.807) is 7.05 Å². The Labute approximate surface area is 113 Å². The molecule has 0 N–H and O–H groups in total. The van der Waals surface area contributed by atoms with Crippen molar-refractivity contribution in [3.8, 4) is 11.1 Å². The smallest absolute Gasteiger partial charge is 0.250 e. The van der Waals surface area contributed by atoms with Crippen LogP contribution in [0.15, 0.2) is 54.6 Å². The summed E-state index contributed by atoms with van der Waals surface area (Å²) >= 11 is 0. The Bertz CT molecular complexity index is 552. The maximum atomic E-state index is 11.8. The monoisotopic (exact) mass is 255 g/mol. The van der Waals surface area contributed by atoms with Crippen LogP contribution in [0, 0.1) is 0 Å². The van der Waals surface area contributed by atoms with E-state index in [1.165, 1.54) is 12.2 Å². The molecular formula is C16H17NO2. The highest BCUT2D eigenvalue weighted by Gasteiger charge is 2.09. The van der Waals surface area contributed by atoms with E-state index >= 15 is 0 Å². The van der Waals surface area contributed by atoms with Gasteiger partial charge in [-0.1, -0.05) is 54.6 Å². The van der Waals surface area contributed by atoms with Gasteiger partial charge in [0.25, 0.3) is 0 Å². The average molecular weight is 255 g/mol. The van der Waals surface area contributed by atoms with Crippen molar-refractivity contribution in [2.75, 3.05) is 14.2 Å². The van der Waals surface area contributed by atoms with E-state index in [0.29, 0.717) is 6.42 Å². The van der Waals surface area contributed by atoms with Crippen LogP contribution >= 0.6 is 0 Å². The molecule has 0 aliphatic rings. The number of nitrogens with zero attached hydrogens (tertiary/aromatic N) is 1. The molecule has 0 bridgehead atoms. The van der Waals surface area contributed by atoms with Crippen LogP contribution in [0.1, 0.15) is 5.56 Å². The molecule has 0 saturated carbocycles. The molecule has 2 aromatic rings. The van der Waals surface area contributed by atoms with Crippen molar-refractivity contribution in [2.45, 2.75) is 6.42 Å². The van der Waals surface area contributed by atoms with Crippen molar-refractivity contribution in [3.63, 3.8) is 0 Å². The number of rotatable bonds is 4. The van der Waals surface area contributed by atoms with E-state index in [0.717, 1.165) is 16.7 Å². The largest absolute Gasteiger partial charge is 0.275 e. The zero-order chi connectivity index (χ0) is 13.7. The van der Waals surface area contributed by atoms with Gasteiger partial charge in [-0.05, 0) is 16.7 Å². The third-order valence-electron chi connectivity index (χ3n) is 3.01. The first-order valence-corrected chi connectivity index (χ1v) is 6.15. The number of hydrogen-bond donors (Lipinski definition) is 0. The Morgan fingerprint density at radius 2 is 1.74 bits per heavy atom. The molecule has 3 heteroatoms. The first-order valence-electron chi connectivity index (χ1n) is 6.15. The molecule has 19 heavy (non-hydrogen) atoms. The molecule has 0 saturated heterocycles. The van der Waals surface area contributed by atoms with Crippen LogP contribution in [0.25, 0.3) is 11.1 Å². The van der Waals surface area contributed by atoms with Crippen molar-refractivity contribution < 1.29 is 9.63 Å². The highest BCUT2D eigenvalue weighted by Crippen LogP contribution is 2.20. The summed E-state index contributed by atoms with van der Waals surface area (Å²) in [5.74, 6) is -0.0623. The second kappa shape index (κ2) is 6.16. The van der Waals surface area contributed by atoms with Gasteiger partial charge in [0.1, 0.15) is 0 Å². The molecule has 2 aromatic carbocycles. The molecule has 2 rings (SSSR count). The highest BCUT2D eigenvalue weighted by molar-refractivity contribution is 5.78. The molecule has 0 aliphatic carbocycles. The second-order valence-corrected chi connectivity index (χ2v) is 4.32. The minimum Gasteiger partial charge on any atom is -0.275 e. The molecule has 0 heterocycles. The third-order valence-corrected chi connectivity index (χ3v) is 3.01. The maximum absolute atomic E-state index is 11.8. The van der Waals surface area contributed by atoms with Gasteiger partial charge in [-0.2, -0.15) is 0 Å². The molecule has 1 amide bonds. The zero-order valence-corrected chi connectivity index (χ0v) is 11.2. The molecule has 0 atom stereocenters. The fourth-order valence-electron chi connectivity index (χ4n) is 1.88. The normalized spacial score (nSPS) is 10.2. The van der Waals surface area contributed by atoms with Crippen molar-refractivity contribution in [3.05, 3.63) is 60.2 Å². The lowest BCUT2D eigenvalue weighted by atomic mass is 10.0. The number of hydrogen-bond acceptors (Lipinski definition) is 2. The fraction of sp³-hybridized carbons (Fsp3) is 0.188. The molecule has 0 radical (unpaired) electrons. The Kier molecular flexibility index (Phi) is 4.31. The first-order chi connectivity index (χ1) is 9.20. The lowest BCUT2D eigenvalue weighted by molar-refractivity contribution is -0.167. The van der Waals surface area contributed by atoms with Gasteiger partial charge < -0.3 is 0 Å². The Morgan fingerprint density at radius 3 is 2.42 bits per heavy atom. The molecule has 3 nitrogen and oxygen atoms in total. The topological polar surface area (TPSA) is 29.5 Å². The summed E-state index contributed by atoms with van der Waals surface area (Å²) in [5, 5.41) is 1.25. The van der Waals surface area contributed by atoms with E-state index in [2.05, 4.69) is 12.1 Å². The van der Waals surface area contributed by atoms with Crippen molar-refractivity contribution in [1.82, 2.24) is 5.06 Å². The third kappa shape index (κ3) is 3.42. The summed E-state index contributed by atoms with van der Waals surface area (Å²) in [4.78, 5) is 16.7. The summed E-state index contributed by atoms with van der Waals surface area (Å²) in [5.41, 5.74) is 3.25. The van der Waals surface area contributed by atoms with Crippen LogP contribution in [-0.2, 0) is 16.1 Å². The molecular weight excluding hydrogens is 238 g/mol. The number of likely N-dealkylation sites (N-methyl/N-ethyl adjacent to an activating group) is 1. The van der Waals surface area contributed by atoms with Crippen LogP contribution < -0.4 is 0 Å². The van der Waals surface area contributed by atoms with Crippen LogP contribution in [0.4, 0.5) is 0 Å². The van der Waals surface area contributed by atoms with Crippen LogP contribution in [0.5, 0.6) is 0 Å². The quantitative estimate of drug-likeness (QED) is 0.786. The summed E-state index contributed by atoms with van der Waals surface area (Å²) in [7, 11) is 3.10. The van der Waals surface area contributed by atoms with Gasteiger partial charge in [0.15, 0.2) is 0 Å². The van der Waals surface area contributed by atoms with Crippen LogP contribution in [0.2, 0.25) is 0 Å². The second-order valence-electron chi connectivity index (χ2n) is 4.32. The zero-order valence-electron chi connectivity index (χ0n) is 11.2. The number of carbonyl (C=O) groups is 1. The lowest BCUT2D eigenvalue weighted by Gasteiger charge is -2.13.